The van der Waals surface area contributed by atoms with Crippen LogP contribution in [0.5, 0.6) is 0 Å². The van der Waals surface area contributed by atoms with Crippen molar-refractivity contribution in [2.24, 2.45) is 29.6 Å². The van der Waals surface area contributed by atoms with Crippen LogP contribution in [0.3, 0.4) is 0 Å². The van der Waals surface area contributed by atoms with Crippen molar-refractivity contribution in [3.05, 3.63) is 0 Å². The molecule has 0 spiro atoms. The van der Waals surface area contributed by atoms with E-state index in [-0.39, 0.29) is 12.3 Å². The van der Waals surface area contributed by atoms with Gasteiger partial charge < -0.3 is 0 Å². The molecule has 122 valence electrons. The van der Waals surface area contributed by atoms with Gasteiger partial charge in [0.2, 0.25) is 0 Å². The number of hydrogen-bond acceptors (Lipinski definition) is 0. The van der Waals surface area contributed by atoms with Gasteiger partial charge >= 0.3 is 0 Å². The van der Waals surface area contributed by atoms with Crippen LogP contribution in [-0.4, -0.2) is 5.92 Å². The molecular weight excluding hydrogens is 266 g/mol. The van der Waals surface area contributed by atoms with Crippen molar-refractivity contribution in [2.75, 3.05) is 0 Å². The molecule has 1 unspecified atom stereocenters. The summed E-state index contributed by atoms with van der Waals surface area (Å²) in [5, 5.41) is 0. The maximum Gasteiger partial charge on any atom is 0.251 e. The molecule has 3 saturated carbocycles. The lowest BCUT2D eigenvalue weighted by atomic mass is 9.63. The summed E-state index contributed by atoms with van der Waals surface area (Å²) in [6.45, 7) is 2.30. The Morgan fingerprint density at radius 1 is 0.762 bits per heavy atom. The number of hydrogen-bond donors (Lipinski definition) is 0. The minimum atomic E-state index is -2.32. The standard InChI is InChI=1S/C19H32F2/c1-2-3-14-4-6-15(7-5-14)16-8-10-17(11-9-16)18-12-13-19(18,20)21/h14-18H,2-13H2,1H3. The van der Waals surface area contributed by atoms with Gasteiger partial charge in [-0.05, 0) is 68.6 Å². The van der Waals surface area contributed by atoms with Crippen LogP contribution in [0.15, 0.2) is 0 Å². The fourth-order valence-electron chi connectivity index (χ4n) is 5.49. The van der Waals surface area contributed by atoms with Crippen LogP contribution in [-0.2, 0) is 0 Å². The van der Waals surface area contributed by atoms with E-state index in [0.717, 1.165) is 37.0 Å². The monoisotopic (exact) mass is 298 g/mol. The summed E-state index contributed by atoms with van der Waals surface area (Å²) in [5.74, 6) is 0.505. The Morgan fingerprint density at radius 2 is 1.29 bits per heavy atom. The zero-order valence-electron chi connectivity index (χ0n) is 13.6. The van der Waals surface area contributed by atoms with E-state index in [0.29, 0.717) is 5.92 Å². The molecule has 0 bridgehead atoms. The fraction of sp³-hybridized carbons (Fsp3) is 1.00. The Morgan fingerprint density at radius 3 is 1.71 bits per heavy atom. The molecule has 1 atom stereocenters. The minimum absolute atomic E-state index is 0.152. The molecule has 2 heteroatoms. The first-order chi connectivity index (χ1) is 10.1. The average molecular weight is 298 g/mol. The average Bonchev–Trinajstić information content (AvgIpc) is 2.48. The van der Waals surface area contributed by atoms with Crippen LogP contribution >= 0.6 is 0 Å². The third-order valence-corrected chi connectivity index (χ3v) is 6.97. The smallest absolute Gasteiger partial charge is 0.207 e. The van der Waals surface area contributed by atoms with Crippen molar-refractivity contribution in [3.63, 3.8) is 0 Å². The van der Waals surface area contributed by atoms with Gasteiger partial charge in [-0.25, -0.2) is 8.78 Å². The molecule has 0 radical (unpaired) electrons. The van der Waals surface area contributed by atoms with Crippen LogP contribution in [0.25, 0.3) is 0 Å². The maximum atomic E-state index is 13.6. The van der Waals surface area contributed by atoms with E-state index in [9.17, 15) is 8.78 Å². The van der Waals surface area contributed by atoms with Crippen molar-refractivity contribution < 1.29 is 8.78 Å². The summed E-state index contributed by atoms with van der Waals surface area (Å²) in [6.07, 6.45) is 14.0. The Labute approximate surface area is 129 Å². The van der Waals surface area contributed by atoms with Gasteiger partial charge in [0.15, 0.2) is 0 Å². The van der Waals surface area contributed by atoms with Crippen LogP contribution in [0.1, 0.15) is 84.0 Å². The van der Waals surface area contributed by atoms with Crippen LogP contribution in [0, 0.1) is 29.6 Å². The van der Waals surface area contributed by atoms with Gasteiger partial charge in [0.05, 0.1) is 0 Å². The molecule has 3 fully saturated rings. The van der Waals surface area contributed by atoms with E-state index in [1.807, 2.05) is 0 Å². The van der Waals surface area contributed by atoms with Gasteiger partial charge in [-0.1, -0.05) is 32.6 Å². The zero-order chi connectivity index (χ0) is 14.9. The van der Waals surface area contributed by atoms with Crippen molar-refractivity contribution in [3.8, 4) is 0 Å². The molecular formula is C19H32F2. The second-order valence-electron chi connectivity index (χ2n) is 8.15. The van der Waals surface area contributed by atoms with Gasteiger partial charge in [0.25, 0.3) is 5.92 Å². The van der Waals surface area contributed by atoms with Gasteiger partial charge in [-0.2, -0.15) is 0 Å². The first-order valence-electron chi connectivity index (χ1n) is 9.48. The highest BCUT2D eigenvalue weighted by atomic mass is 19.3. The quantitative estimate of drug-likeness (QED) is 0.560. The van der Waals surface area contributed by atoms with Crippen molar-refractivity contribution >= 4 is 0 Å². The SMILES string of the molecule is CCCC1CCC(C2CCC(C3CCC3(F)F)CC2)CC1. The normalized spacial score (nSPS) is 43.3. The second kappa shape index (κ2) is 6.54. The van der Waals surface area contributed by atoms with E-state index in [2.05, 4.69) is 6.92 Å². The molecule has 0 saturated heterocycles. The molecule has 0 N–H and O–H groups in total. The van der Waals surface area contributed by atoms with Gasteiger partial charge in [0, 0.05) is 12.3 Å². The summed E-state index contributed by atoms with van der Waals surface area (Å²) in [4.78, 5) is 0. The first-order valence-corrected chi connectivity index (χ1v) is 9.48. The predicted molar refractivity (Wildman–Crippen MR) is 83.5 cm³/mol. The van der Waals surface area contributed by atoms with Crippen molar-refractivity contribution in [1.29, 1.82) is 0 Å². The minimum Gasteiger partial charge on any atom is -0.207 e. The van der Waals surface area contributed by atoms with E-state index in [1.54, 1.807) is 0 Å². The Balaban J connectivity index is 1.42. The summed E-state index contributed by atoms with van der Waals surface area (Å²) in [5.41, 5.74) is 0. The van der Waals surface area contributed by atoms with Crippen LogP contribution < -0.4 is 0 Å². The van der Waals surface area contributed by atoms with Crippen LogP contribution in [0.2, 0.25) is 0 Å². The number of halogens is 2. The largest absolute Gasteiger partial charge is 0.251 e. The van der Waals surface area contributed by atoms with Gasteiger partial charge in [0.1, 0.15) is 0 Å². The summed E-state index contributed by atoms with van der Waals surface area (Å²) in [6, 6.07) is 0. The molecule has 0 nitrogen and oxygen atoms in total. The molecule has 3 aliphatic rings. The van der Waals surface area contributed by atoms with E-state index < -0.39 is 5.92 Å². The summed E-state index contributed by atoms with van der Waals surface area (Å²) in [7, 11) is 0. The van der Waals surface area contributed by atoms with Gasteiger partial charge in [-0.3, -0.25) is 0 Å². The van der Waals surface area contributed by atoms with Crippen LogP contribution in [0.4, 0.5) is 8.78 Å². The lowest BCUT2D eigenvalue weighted by molar-refractivity contribution is -0.159. The summed E-state index contributed by atoms with van der Waals surface area (Å²) >= 11 is 0. The van der Waals surface area contributed by atoms with E-state index in [1.165, 1.54) is 51.4 Å². The lowest BCUT2D eigenvalue weighted by Gasteiger charge is -2.45. The molecule has 0 aliphatic heterocycles. The fourth-order valence-corrected chi connectivity index (χ4v) is 5.49. The molecule has 0 aromatic rings. The number of alkyl halides is 2. The second-order valence-corrected chi connectivity index (χ2v) is 8.15. The third kappa shape index (κ3) is 3.45. The lowest BCUT2D eigenvalue weighted by Crippen LogP contribution is -2.44. The molecule has 0 aromatic carbocycles. The molecule has 3 rings (SSSR count). The van der Waals surface area contributed by atoms with Crippen molar-refractivity contribution in [2.45, 2.75) is 89.9 Å². The predicted octanol–water partition coefficient (Wildman–Crippen LogP) is 6.44. The van der Waals surface area contributed by atoms with Crippen molar-refractivity contribution in [1.82, 2.24) is 0 Å². The highest BCUT2D eigenvalue weighted by Crippen LogP contribution is 2.53. The Hall–Kier alpha value is -0.140. The van der Waals surface area contributed by atoms with E-state index in [4.69, 9.17) is 0 Å². The molecule has 21 heavy (non-hydrogen) atoms. The topological polar surface area (TPSA) is 0 Å². The molecule has 0 heterocycles. The Kier molecular flexibility index (Phi) is 4.90. The van der Waals surface area contributed by atoms with Gasteiger partial charge in [-0.15, -0.1) is 0 Å². The maximum absolute atomic E-state index is 13.6. The number of rotatable bonds is 4. The third-order valence-electron chi connectivity index (χ3n) is 6.97. The zero-order valence-corrected chi connectivity index (χ0v) is 13.6. The Bertz CT molecular complexity index is 322. The molecule has 0 amide bonds. The first kappa shape index (κ1) is 15.7. The highest BCUT2D eigenvalue weighted by molar-refractivity contribution is 4.94. The van der Waals surface area contributed by atoms with E-state index >= 15 is 0 Å². The molecule has 0 aromatic heterocycles. The molecule has 3 aliphatic carbocycles. The highest BCUT2D eigenvalue weighted by Gasteiger charge is 2.52. The summed E-state index contributed by atoms with van der Waals surface area (Å²) < 4.78 is 27.1.